The molecule has 0 aliphatic heterocycles. The van der Waals surface area contributed by atoms with Gasteiger partial charge in [-0.3, -0.25) is 11.3 Å². The Morgan fingerprint density at radius 1 is 1.15 bits per heavy atom. The second-order valence-electron chi connectivity index (χ2n) is 4.38. The fourth-order valence-electron chi connectivity index (χ4n) is 1.49. The normalized spacial score (nSPS) is 14.2. The standard InChI is InChI=1S/C11H18N2/c1-11(2,3)10(13-12)9-7-5-4-6-8-9/h4-8,10,13H,12H2,1-3H3/t10-/m1/s1. The molecule has 2 heteroatoms. The molecule has 0 spiro atoms. The quantitative estimate of drug-likeness (QED) is 0.538. The summed E-state index contributed by atoms with van der Waals surface area (Å²) in [7, 11) is 0. The van der Waals surface area contributed by atoms with Crippen LogP contribution < -0.4 is 11.3 Å². The average Bonchev–Trinajstić information content (AvgIpc) is 2.05. The summed E-state index contributed by atoms with van der Waals surface area (Å²) in [4.78, 5) is 0. The van der Waals surface area contributed by atoms with E-state index in [0.717, 1.165) is 0 Å². The highest BCUT2D eigenvalue weighted by Gasteiger charge is 2.24. The van der Waals surface area contributed by atoms with Crippen molar-refractivity contribution in [2.75, 3.05) is 0 Å². The van der Waals surface area contributed by atoms with Gasteiger partial charge in [-0.2, -0.15) is 0 Å². The van der Waals surface area contributed by atoms with Gasteiger partial charge >= 0.3 is 0 Å². The van der Waals surface area contributed by atoms with E-state index in [4.69, 9.17) is 5.84 Å². The summed E-state index contributed by atoms with van der Waals surface area (Å²) in [6.07, 6.45) is 0. The van der Waals surface area contributed by atoms with Gasteiger partial charge in [0.1, 0.15) is 0 Å². The predicted octanol–water partition coefficient (Wildman–Crippen LogP) is 2.24. The van der Waals surface area contributed by atoms with Crippen LogP contribution in [0.2, 0.25) is 0 Å². The molecular weight excluding hydrogens is 160 g/mol. The molecule has 0 saturated heterocycles. The zero-order valence-electron chi connectivity index (χ0n) is 8.54. The Morgan fingerprint density at radius 2 is 1.69 bits per heavy atom. The van der Waals surface area contributed by atoms with Gasteiger partial charge in [0.25, 0.3) is 0 Å². The van der Waals surface area contributed by atoms with Gasteiger partial charge in [-0.1, -0.05) is 51.1 Å². The van der Waals surface area contributed by atoms with Crippen molar-refractivity contribution in [3.63, 3.8) is 0 Å². The van der Waals surface area contributed by atoms with Gasteiger partial charge < -0.3 is 0 Å². The maximum absolute atomic E-state index is 5.54. The molecule has 1 atom stereocenters. The first-order chi connectivity index (χ1) is 6.05. The van der Waals surface area contributed by atoms with Crippen molar-refractivity contribution < 1.29 is 0 Å². The Balaban J connectivity index is 2.92. The van der Waals surface area contributed by atoms with Crippen LogP contribution in [-0.4, -0.2) is 0 Å². The lowest BCUT2D eigenvalue weighted by Gasteiger charge is -2.30. The van der Waals surface area contributed by atoms with Crippen LogP contribution in [0, 0.1) is 5.41 Å². The molecule has 13 heavy (non-hydrogen) atoms. The monoisotopic (exact) mass is 178 g/mol. The Kier molecular flexibility index (Phi) is 3.07. The lowest BCUT2D eigenvalue weighted by atomic mass is 9.83. The molecule has 0 aliphatic rings. The van der Waals surface area contributed by atoms with Crippen molar-refractivity contribution in [2.45, 2.75) is 26.8 Å². The highest BCUT2D eigenvalue weighted by atomic mass is 15.2. The average molecular weight is 178 g/mol. The molecule has 0 heterocycles. The van der Waals surface area contributed by atoms with Crippen molar-refractivity contribution in [3.8, 4) is 0 Å². The molecule has 0 aliphatic carbocycles. The van der Waals surface area contributed by atoms with Gasteiger partial charge in [0.2, 0.25) is 0 Å². The van der Waals surface area contributed by atoms with Gasteiger partial charge in [0.05, 0.1) is 6.04 Å². The number of rotatable bonds is 2. The maximum Gasteiger partial charge on any atom is 0.0508 e. The third-order valence-electron chi connectivity index (χ3n) is 2.17. The molecule has 1 aromatic rings. The van der Waals surface area contributed by atoms with Crippen LogP contribution in [0.15, 0.2) is 30.3 Å². The summed E-state index contributed by atoms with van der Waals surface area (Å²) in [5.41, 5.74) is 4.23. The van der Waals surface area contributed by atoms with Crippen LogP contribution >= 0.6 is 0 Å². The molecule has 3 N–H and O–H groups in total. The first-order valence-electron chi connectivity index (χ1n) is 4.57. The molecule has 1 aromatic carbocycles. The van der Waals surface area contributed by atoms with Crippen LogP contribution in [0.3, 0.4) is 0 Å². The van der Waals surface area contributed by atoms with Crippen LogP contribution in [0.25, 0.3) is 0 Å². The number of benzene rings is 1. The molecule has 72 valence electrons. The lowest BCUT2D eigenvalue weighted by Crippen LogP contribution is -2.36. The van der Waals surface area contributed by atoms with Gasteiger partial charge in [0, 0.05) is 0 Å². The molecular formula is C11H18N2. The summed E-state index contributed by atoms with van der Waals surface area (Å²) in [6.45, 7) is 6.51. The molecule has 1 rings (SSSR count). The van der Waals surface area contributed by atoms with E-state index in [1.165, 1.54) is 5.56 Å². The van der Waals surface area contributed by atoms with Crippen LogP contribution in [0.5, 0.6) is 0 Å². The van der Waals surface area contributed by atoms with E-state index < -0.39 is 0 Å². The molecule has 0 unspecified atom stereocenters. The van der Waals surface area contributed by atoms with E-state index in [2.05, 4.69) is 38.3 Å². The van der Waals surface area contributed by atoms with Gasteiger partial charge in [-0.15, -0.1) is 0 Å². The van der Waals surface area contributed by atoms with Crippen molar-refractivity contribution in [3.05, 3.63) is 35.9 Å². The van der Waals surface area contributed by atoms with Crippen LogP contribution in [-0.2, 0) is 0 Å². The topological polar surface area (TPSA) is 38.0 Å². The van der Waals surface area contributed by atoms with Crippen molar-refractivity contribution in [2.24, 2.45) is 11.3 Å². The summed E-state index contributed by atoms with van der Waals surface area (Å²) >= 11 is 0. The SMILES string of the molecule is CC(C)(C)[C@H](NN)c1ccccc1. The lowest BCUT2D eigenvalue weighted by molar-refractivity contribution is 0.275. The van der Waals surface area contributed by atoms with Crippen molar-refractivity contribution >= 4 is 0 Å². The number of nitrogens with two attached hydrogens (primary N) is 1. The van der Waals surface area contributed by atoms with Gasteiger partial charge in [-0.25, -0.2) is 0 Å². The summed E-state index contributed by atoms with van der Waals surface area (Å²) in [6, 6.07) is 10.5. The number of hydrogen-bond donors (Lipinski definition) is 2. The third-order valence-corrected chi connectivity index (χ3v) is 2.17. The predicted molar refractivity (Wildman–Crippen MR) is 56.0 cm³/mol. The second-order valence-corrected chi connectivity index (χ2v) is 4.38. The van der Waals surface area contributed by atoms with E-state index in [1.807, 2.05) is 18.2 Å². The van der Waals surface area contributed by atoms with E-state index in [1.54, 1.807) is 0 Å². The van der Waals surface area contributed by atoms with Gasteiger partial charge in [0.15, 0.2) is 0 Å². The van der Waals surface area contributed by atoms with E-state index >= 15 is 0 Å². The molecule has 0 aromatic heterocycles. The Bertz CT molecular complexity index is 249. The summed E-state index contributed by atoms with van der Waals surface area (Å²) < 4.78 is 0. The summed E-state index contributed by atoms with van der Waals surface area (Å²) in [5, 5.41) is 0. The summed E-state index contributed by atoms with van der Waals surface area (Å²) in [5.74, 6) is 5.54. The van der Waals surface area contributed by atoms with Gasteiger partial charge in [-0.05, 0) is 11.0 Å². The molecule has 0 saturated carbocycles. The largest absolute Gasteiger partial charge is 0.271 e. The fraction of sp³-hybridized carbons (Fsp3) is 0.455. The Labute approximate surface area is 80.1 Å². The molecule has 2 nitrogen and oxygen atoms in total. The molecule has 0 fully saturated rings. The Morgan fingerprint density at radius 3 is 2.08 bits per heavy atom. The number of hydrazine groups is 1. The first-order valence-corrected chi connectivity index (χ1v) is 4.57. The van der Waals surface area contributed by atoms with Crippen LogP contribution in [0.4, 0.5) is 0 Å². The van der Waals surface area contributed by atoms with Crippen LogP contribution in [0.1, 0.15) is 32.4 Å². The minimum atomic E-state index is 0.135. The smallest absolute Gasteiger partial charge is 0.0508 e. The van der Waals surface area contributed by atoms with E-state index in [9.17, 15) is 0 Å². The molecule has 0 bridgehead atoms. The zero-order chi connectivity index (χ0) is 9.90. The third kappa shape index (κ3) is 2.54. The highest BCUT2D eigenvalue weighted by molar-refractivity contribution is 5.20. The van der Waals surface area contributed by atoms with Crippen molar-refractivity contribution in [1.29, 1.82) is 0 Å². The van der Waals surface area contributed by atoms with Crippen molar-refractivity contribution in [1.82, 2.24) is 5.43 Å². The number of hydrogen-bond acceptors (Lipinski definition) is 2. The minimum absolute atomic E-state index is 0.135. The first kappa shape index (κ1) is 10.2. The highest BCUT2D eigenvalue weighted by Crippen LogP contribution is 2.31. The maximum atomic E-state index is 5.54. The van der Waals surface area contributed by atoms with E-state index in [0.29, 0.717) is 0 Å². The molecule has 0 amide bonds. The fourth-order valence-corrected chi connectivity index (χ4v) is 1.49. The minimum Gasteiger partial charge on any atom is -0.271 e. The number of nitrogens with one attached hydrogen (secondary N) is 1. The Hall–Kier alpha value is -0.860. The van der Waals surface area contributed by atoms with E-state index in [-0.39, 0.29) is 11.5 Å². The molecule has 0 radical (unpaired) electrons. The zero-order valence-corrected chi connectivity index (χ0v) is 8.54. The second kappa shape index (κ2) is 3.90.